The Balaban J connectivity index is 1.73. The van der Waals surface area contributed by atoms with Crippen LogP contribution in [0, 0.1) is 5.92 Å². The summed E-state index contributed by atoms with van der Waals surface area (Å²) in [6.45, 7) is 1.53. The fourth-order valence-electron chi connectivity index (χ4n) is 4.44. The van der Waals surface area contributed by atoms with Crippen LogP contribution in [0.15, 0.2) is 24.3 Å². The third-order valence-electron chi connectivity index (χ3n) is 5.18. The SMILES string of the molecule is CC(=O)N[C@H]1C[C@]23CCc4ccccc4N2C(=O)[C@H]1C3. The molecule has 1 spiro atoms. The van der Waals surface area contributed by atoms with Crippen LogP contribution in [0.5, 0.6) is 0 Å². The molecule has 2 amide bonds. The van der Waals surface area contributed by atoms with Crippen LogP contribution in [0.25, 0.3) is 0 Å². The Hall–Kier alpha value is -1.84. The molecule has 1 saturated carbocycles. The van der Waals surface area contributed by atoms with Crippen LogP contribution < -0.4 is 10.2 Å². The fraction of sp³-hybridized carbons (Fsp3) is 0.500. The maximum Gasteiger partial charge on any atom is 0.232 e. The Kier molecular flexibility index (Phi) is 2.29. The standard InChI is InChI=1S/C16H18N2O2/c1-10(19)17-13-9-16-7-6-11-4-2-3-5-14(11)18(16)15(20)12(13)8-16/h2-5,12-13H,6-9H2,1H3,(H,17,19)/t12-,13-,16+/m0/s1. The number of carbonyl (C=O) groups is 2. The number of rotatable bonds is 1. The lowest BCUT2D eigenvalue weighted by molar-refractivity contribution is -0.124. The molecule has 3 atom stereocenters. The molecule has 104 valence electrons. The van der Waals surface area contributed by atoms with Crippen molar-refractivity contribution >= 4 is 17.5 Å². The van der Waals surface area contributed by atoms with Crippen molar-refractivity contribution in [2.24, 2.45) is 5.92 Å². The van der Waals surface area contributed by atoms with Gasteiger partial charge in [-0.1, -0.05) is 18.2 Å². The van der Waals surface area contributed by atoms with Gasteiger partial charge in [-0.05, 0) is 37.3 Å². The second-order valence-corrected chi connectivity index (χ2v) is 6.35. The number of anilines is 1. The van der Waals surface area contributed by atoms with Gasteiger partial charge in [-0.3, -0.25) is 9.59 Å². The highest BCUT2D eigenvalue weighted by molar-refractivity contribution is 6.02. The minimum atomic E-state index is -0.0524. The summed E-state index contributed by atoms with van der Waals surface area (Å²) >= 11 is 0. The minimum Gasteiger partial charge on any atom is -0.353 e. The summed E-state index contributed by atoms with van der Waals surface area (Å²) in [4.78, 5) is 26.1. The first-order valence-electron chi connectivity index (χ1n) is 7.30. The van der Waals surface area contributed by atoms with Crippen molar-refractivity contribution < 1.29 is 9.59 Å². The van der Waals surface area contributed by atoms with Crippen molar-refractivity contribution in [1.29, 1.82) is 0 Å². The Morgan fingerprint density at radius 2 is 2.15 bits per heavy atom. The maximum atomic E-state index is 12.7. The average Bonchev–Trinajstić information content (AvgIpc) is 2.90. The van der Waals surface area contributed by atoms with E-state index in [1.165, 1.54) is 12.5 Å². The molecule has 1 saturated heterocycles. The van der Waals surface area contributed by atoms with Gasteiger partial charge in [0.2, 0.25) is 11.8 Å². The van der Waals surface area contributed by atoms with Crippen LogP contribution in [-0.4, -0.2) is 23.4 Å². The number of piperidine rings is 1. The van der Waals surface area contributed by atoms with E-state index in [4.69, 9.17) is 0 Å². The van der Waals surface area contributed by atoms with E-state index in [2.05, 4.69) is 17.4 Å². The first-order valence-corrected chi connectivity index (χ1v) is 7.30. The first kappa shape index (κ1) is 11.9. The Labute approximate surface area is 118 Å². The molecule has 3 aliphatic rings. The highest BCUT2D eigenvalue weighted by Gasteiger charge is 2.61. The average molecular weight is 270 g/mol. The Morgan fingerprint density at radius 3 is 2.95 bits per heavy atom. The van der Waals surface area contributed by atoms with Crippen molar-refractivity contribution in [2.45, 2.75) is 44.2 Å². The van der Waals surface area contributed by atoms with E-state index < -0.39 is 0 Å². The molecule has 20 heavy (non-hydrogen) atoms. The summed E-state index contributed by atoms with van der Waals surface area (Å²) in [7, 11) is 0. The van der Waals surface area contributed by atoms with E-state index >= 15 is 0 Å². The van der Waals surface area contributed by atoms with Gasteiger partial charge in [0.1, 0.15) is 0 Å². The third-order valence-corrected chi connectivity index (χ3v) is 5.18. The number of amides is 2. The summed E-state index contributed by atoms with van der Waals surface area (Å²) in [5, 5.41) is 2.97. The third kappa shape index (κ3) is 1.42. The molecule has 4 heteroatoms. The van der Waals surface area contributed by atoms with Crippen molar-refractivity contribution in [3.8, 4) is 0 Å². The van der Waals surface area contributed by atoms with E-state index in [0.717, 1.165) is 31.4 Å². The monoisotopic (exact) mass is 270 g/mol. The van der Waals surface area contributed by atoms with Crippen molar-refractivity contribution in [3.05, 3.63) is 29.8 Å². The lowest BCUT2D eigenvalue weighted by Gasteiger charge is -2.45. The van der Waals surface area contributed by atoms with Gasteiger partial charge in [0.15, 0.2) is 0 Å². The van der Waals surface area contributed by atoms with Gasteiger partial charge in [-0.2, -0.15) is 0 Å². The highest BCUT2D eigenvalue weighted by atomic mass is 16.2. The predicted molar refractivity (Wildman–Crippen MR) is 75.3 cm³/mol. The van der Waals surface area contributed by atoms with Crippen molar-refractivity contribution in [3.63, 3.8) is 0 Å². The van der Waals surface area contributed by atoms with E-state index in [-0.39, 0.29) is 29.3 Å². The molecule has 2 heterocycles. The van der Waals surface area contributed by atoms with E-state index in [0.29, 0.717) is 0 Å². The van der Waals surface area contributed by atoms with Crippen LogP contribution in [0.3, 0.4) is 0 Å². The second-order valence-electron chi connectivity index (χ2n) is 6.35. The summed E-state index contributed by atoms with van der Waals surface area (Å²) in [6, 6.07) is 8.24. The van der Waals surface area contributed by atoms with Crippen molar-refractivity contribution in [2.75, 3.05) is 4.90 Å². The molecular weight excluding hydrogens is 252 g/mol. The Bertz CT molecular complexity index is 612. The van der Waals surface area contributed by atoms with Gasteiger partial charge in [0, 0.05) is 18.7 Å². The molecule has 4 rings (SSSR count). The molecule has 0 unspecified atom stereocenters. The van der Waals surface area contributed by atoms with Gasteiger partial charge in [0.05, 0.1) is 11.5 Å². The number of hydrogen-bond acceptors (Lipinski definition) is 2. The summed E-state index contributed by atoms with van der Waals surface area (Å²) in [5.41, 5.74) is 2.31. The quantitative estimate of drug-likeness (QED) is 0.843. The molecule has 2 fully saturated rings. The molecule has 2 aliphatic heterocycles. The lowest BCUT2D eigenvalue weighted by Crippen LogP contribution is -2.56. The van der Waals surface area contributed by atoms with Gasteiger partial charge >= 0.3 is 0 Å². The zero-order valence-electron chi connectivity index (χ0n) is 11.6. The highest BCUT2D eigenvalue weighted by Crippen LogP contribution is 2.54. The van der Waals surface area contributed by atoms with Crippen LogP contribution in [0.4, 0.5) is 5.69 Å². The number of nitrogens with one attached hydrogen (secondary N) is 1. The Morgan fingerprint density at radius 1 is 1.35 bits per heavy atom. The fourth-order valence-corrected chi connectivity index (χ4v) is 4.44. The molecule has 4 nitrogen and oxygen atoms in total. The number of hydrogen-bond donors (Lipinski definition) is 1. The number of nitrogens with zero attached hydrogens (tertiary/aromatic N) is 1. The lowest BCUT2D eigenvalue weighted by atomic mass is 9.83. The van der Waals surface area contributed by atoms with Gasteiger partial charge in [-0.25, -0.2) is 0 Å². The van der Waals surface area contributed by atoms with Gasteiger partial charge in [0.25, 0.3) is 0 Å². The molecule has 0 aromatic heterocycles. The minimum absolute atomic E-state index is 0.0292. The number of aryl methyl sites for hydroxylation is 1. The maximum absolute atomic E-state index is 12.7. The van der Waals surface area contributed by atoms with Crippen molar-refractivity contribution in [1.82, 2.24) is 5.32 Å². The summed E-state index contributed by atoms with van der Waals surface area (Å²) in [5.74, 6) is 0.127. The first-order chi connectivity index (χ1) is 9.61. The van der Waals surface area contributed by atoms with E-state index in [1.807, 2.05) is 17.0 Å². The molecule has 0 radical (unpaired) electrons. The molecule has 2 bridgehead atoms. The predicted octanol–water partition coefficient (Wildman–Crippen LogP) is 1.63. The zero-order chi connectivity index (χ0) is 13.9. The largest absolute Gasteiger partial charge is 0.353 e. The molecule has 1 N–H and O–H groups in total. The second kappa shape index (κ2) is 3.84. The van der Waals surface area contributed by atoms with Gasteiger partial charge in [-0.15, -0.1) is 0 Å². The molecule has 1 aromatic carbocycles. The number of benzene rings is 1. The van der Waals surface area contributed by atoms with E-state index in [1.54, 1.807) is 0 Å². The molecular formula is C16H18N2O2. The normalized spacial score (nSPS) is 33.9. The summed E-state index contributed by atoms with van der Waals surface area (Å²) < 4.78 is 0. The summed E-state index contributed by atoms with van der Waals surface area (Å²) in [6.07, 6.45) is 3.84. The number of fused-ring (bicyclic) bond motifs is 3. The molecule has 1 aliphatic carbocycles. The number of para-hydroxylation sites is 1. The van der Waals surface area contributed by atoms with Crippen LogP contribution in [-0.2, 0) is 16.0 Å². The smallest absolute Gasteiger partial charge is 0.232 e. The van der Waals surface area contributed by atoms with Gasteiger partial charge < -0.3 is 10.2 Å². The molecule has 1 aromatic rings. The van der Waals surface area contributed by atoms with E-state index in [9.17, 15) is 9.59 Å². The topological polar surface area (TPSA) is 49.4 Å². The zero-order valence-corrected chi connectivity index (χ0v) is 11.6. The number of carbonyl (C=O) groups excluding carboxylic acids is 2. The van der Waals surface area contributed by atoms with Crippen LogP contribution in [0.2, 0.25) is 0 Å². The van der Waals surface area contributed by atoms with Crippen LogP contribution >= 0.6 is 0 Å². The van der Waals surface area contributed by atoms with Crippen LogP contribution in [0.1, 0.15) is 31.7 Å².